The maximum atomic E-state index is 12.1. The zero-order valence-corrected chi connectivity index (χ0v) is 14.4. The van der Waals surface area contributed by atoms with Crippen LogP contribution in [0.3, 0.4) is 0 Å². The van der Waals surface area contributed by atoms with E-state index in [0.717, 1.165) is 29.2 Å². The van der Waals surface area contributed by atoms with E-state index in [-0.39, 0.29) is 5.91 Å². The SMILES string of the molecule is CCCCc1ccc(C(=O)NCCCSc2ccccn2)cc1. The summed E-state index contributed by atoms with van der Waals surface area (Å²) >= 11 is 1.72. The Balaban J connectivity index is 1.66. The van der Waals surface area contributed by atoms with Crippen molar-refractivity contribution in [1.29, 1.82) is 0 Å². The summed E-state index contributed by atoms with van der Waals surface area (Å²) < 4.78 is 0. The Hall–Kier alpha value is -1.81. The first kappa shape index (κ1) is 17.5. The molecule has 0 spiro atoms. The number of nitrogens with one attached hydrogen (secondary N) is 1. The van der Waals surface area contributed by atoms with Crippen LogP contribution in [0.15, 0.2) is 53.7 Å². The topological polar surface area (TPSA) is 42.0 Å². The molecule has 0 unspecified atom stereocenters. The molecule has 23 heavy (non-hydrogen) atoms. The maximum absolute atomic E-state index is 12.1. The van der Waals surface area contributed by atoms with Gasteiger partial charge in [-0.25, -0.2) is 4.98 Å². The largest absolute Gasteiger partial charge is 0.352 e. The highest BCUT2D eigenvalue weighted by atomic mass is 32.2. The standard InChI is InChI=1S/C19H24N2OS/c1-2-3-7-16-9-11-17(12-10-16)19(22)21-14-6-15-23-18-8-4-5-13-20-18/h4-5,8-13H,2-3,6-7,14-15H2,1H3,(H,21,22). The van der Waals surface area contributed by atoms with Gasteiger partial charge in [-0.3, -0.25) is 4.79 Å². The number of hydrogen-bond donors (Lipinski definition) is 1. The van der Waals surface area contributed by atoms with Gasteiger partial charge in [0.25, 0.3) is 5.91 Å². The Morgan fingerprint density at radius 2 is 1.96 bits per heavy atom. The maximum Gasteiger partial charge on any atom is 0.251 e. The predicted molar refractivity (Wildman–Crippen MR) is 97.0 cm³/mol. The molecule has 1 aromatic heterocycles. The second-order valence-corrected chi connectivity index (χ2v) is 6.54. The molecule has 0 saturated heterocycles. The lowest BCUT2D eigenvalue weighted by atomic mass is 10.1. The molecule has 122 valence electrons. The van der Waals surface area contributed by atoms with E-state index >= 15 is 0 Å². The number of benzene rings is 1. The molecule has 0 atom stereocenters. The fourth-order valence-corrected chi connectivity index (χ4v) is 3.00. The summed E-state index contributed by atoms with van der Waals surface area (Å²) in [6, 6.07) is 13.9. The second kappa shape index (κ2) is 10.1. The number of carbonyl (C=O) groups is 1. The summed E-state index contributed by atoms with van der Waals surface area (Å²) in [6.07, 6.45) is 6.21. The molecule has 1 amide bonds. The minimum absolute atomic E-state index is 0.00915. The molecule has 4 heteroatoms. The van der Waals surface area contributed by atoms with E-state index < -0.39 is 0 Å². The Bertz CT molecular complexity index is 584. The third kappa shape index (κ3) is 6.45. The minimum Gasteiger partial charge on any atom is -0.352 e. The first-order chi connectivity index (χ1) is 11.3. The highest BCUT2D eigenvalue weighted by Crippen LogP contribution is 2.14. The number of pyridine rings is 1. The van der Waals surface area contributed by atoms with Crippen LogP contribution in [0, 0.1) is 0 Å². The average molecular weight is 328 g/mol. The summed E-state index contributed by atoms with van der Waals surface area (Å²) in [7, 11) is 0. The van der Waals surface area contributed by atoms with Gasteiger partial charge in [0.05, 0.1) is 5.03 Å². The molecule has 3 nitrogen and oxygen atoms in total. The zero-order valence-electron chi connectivity index (χ0n) is 13.6. The molecule has 0 fully saturated rings. The Kier molecular flexibility index (Phi) is 7.67. The lowest BCUT2D eigenvalue weighted by Crippen LogP contribution is -2.24. The predicted octanol–water partition coefficient (Wildman–Crippen LogP) is 4.34. The van der Waals surface area contributed by atoms with E-state index in [4.69, 9.17) is 0 Å². The fraction of sp³-hybridized carbons (Fsp3) is 0.368. The number of amides is 1. The number of unbranched alkanes of at least 4 members (excludes halogenated alkanes) is 1. The Morgan fingerprint density at radius 3 is 2.65 bits per heavy atom. The van der Waals surface area contributed by atoms with E-state index in [2.05, 4.69) is 29.4 Å². The molecule has 0 aliphatic heterocycles. The van der Waals surface area contributed by atoms with Crippen LogP contribution >= 0.6 is 11.8 Å². The van der Waals surface area contributed by atoms with Gasteiger partial charge in [-0.15, -0.1) is 11.8 Å². The van der Waals surface area contributed by atoms with Crippen LogP contribution in [-0.2, 0) is 6.42 Å². The van der Waals surface area contributed by atoms with Crippen molar-refractivity contribution in [1.82, 2.24) is 10.3 Å². The quantitative estimate of drug-likeness (QED) is 0.550. The molecular weight excluding hydrogens is 304 g/mol. The van der Waals surface area contributed by atoms with Gasteiger partial charge in [0.15, 0.2) is 0 Å². The monoisotopic (exact) mass is 328 g/mol. The van der Waals surface area contributed by atoms with Crippen molar-refractivity contribution in [3.05, 3.63) is 59.8 Å². The summed E-state index contributed by atoms with van der Waals surface area (Å²) in [5.41, 5.74) is 2.04. The smallest absolute Gasteiger partial charge is 0.251 e. The second-order valence-electron chi connectivity index (χ2n) is 5.43. The van der Waals surface area contributed by atoms with Gasteiger partial charge in [-0.2, -0.15) is 0 Å². The van der Waals surface area contributed by atoms with Crippen LogP contribution < -0.4 is 5.32 Å². The van der Waals surface area contributed by atoms with E-state index in [1.54, 1.807) is 18.0 Å². The summed E-state index contributed by atoms with van der Waals surface area (Å²) in [5.74, 6) is 0.961. The van der Waals surface area contributed by atoms with Gasteiger partial charge in [0.2, 0.25) is 0 Å². The molecule has 2 rings (SSSR count). The molecule has 0 saturated carbocycles. The third-order valence-corrected chi connectivity index (χ3v) is 4.56. The molecule has 0 aliphatic carbocycles. The first-order valence-corrected chi connectivity index (χ1v) is 9.19. The summed E-state index contributed by atoms with van der Waals surface area (Å²) in [5, 5.41) is 4.00. The molecule has 0 aliphatic rings. The zero-order chi connectivity index (χ0) is 16.3. The van der Waals surface area contributed by atoms with Crippen LogP contribution in [0.25, 0.3) is 0 Å². The molecule has 1 N–H and O–H groups in total. The normalized spacial score (nSPS) is 10.5. The highest BCUT2D eigenvalue weighted by Gasteiger charge is 2.04. The van der Waals surface area contributed by atoms with Gasteiger partial charge in [-0.1, -0.05) is 31.5 Å². The number of nitrogens with zero attached hydrogens (tertiary/aromatic N) is 1. The van der Waals surface area contributed by atoms with Crippen LogP contribution in [0.2, 0.25) is 0 Å². The van der Waals surface area contributed by atoms with Gasteiger partial charge in [-0.05, 0) is 49.1 Å². The van der Waals surface area contributed by atoms with Gasteiger partial charge in [0.1, 0.15) is 0 Å². The number of carbonyl (C=O) groups excluding carboxylic acids is 1. The van der Waals surface area contributed by atoms with E-state index in [0.29, 0.717) is 6.54 Å². The van der Waals surface area contributed by atoms with Crippen molar-refractivity contribution in [3.8, 4) is 0 Å². The van der Waals surface area contributed by atoms with Crippen molar-refractivity contribution in [3.63, 3.8) is 0 Å². The summed E-state index contributed by atoms with van der Waals surface area (Å²) in [4.78, 5) is 16.3. The van der Waals surface area contributed by atoms with Crippen LogP contribution in [-0.4, -0.2) is 23.2 Å². The van der Waals surface area contributed by atoms with Gasteiger partial charge < -0.3 is 5.32 Å². The highest BCUT2D eigenvalue weighted by molar-refractivity contribution is 7.99. The van der Waals surface area contributed by atoms with E-state index in [1.165, 1.54) is 18.4 Å². The van der Waals surface area contributed by atoms with Gasteiger partial charge in [0, 0.05) is 24.1 Å². The van der Waals surface area contributed by atoms with E-state index in [1.807, 2.05) is 30.3 Å². The number of rotatable bonds is 9. The van der Waals surface area contributed by atoms with E-state index in [9.17, 15) is 4.79 Å². The van der Waals surface area contributed by atoms with Crippen molar-refractivity contribution in [2.24, 2.45) is 0 Å². The fourth-order valence-electron chi connectivity index (χ4n) is 2.19. The number of thioether (sulfide) groups is 1. The van der Waals surface area contributed by atoms with Gasteiger partial charge >= 0.3 is 0 Å². The van der Waals surface area contributed by atoms with Crippen molar-refractivity contribution in [2.45, 2.75) is 37.6 Å². The third-order valence-electron chi connectivity index (χ3n) is 3.53. The average Bonchev–Trinajstić information content (AvgIpc) is 2.61. The number of aryl methyl sites for hydroxylation is 1. The lowest BCUT2D eigenvalue weighted by molar-refractivity contribution is 0.0954. The minimum atomic E-state index is 0.00915. The van der Waals surface area contributed by atoms with Crippen molar-refractivity contribution in [2.75, 3.05) is 12.3 Å². The van der Waals surface area contributed by atoms with Crippen molar-refractivity contribution < 1.29 is 4.79 Å². The Labute approximate surface area is 142 Å². The molecule has 1 aromatic carbocycles. The molecule has 2 aromatic rings. The Morgan fingerprint density at radius 1 is 1.13 bits per heavy atom. The van der Waals surface area contributed by atoms with Crippen molar-refractivity contribution >= 4 is 17.7 Å². The molecule has 1 heterocycles. The summed E-state index contributed by atoms with van der Waals surface area (Å²) in [6.45, 7) is 2.88. The number of hydrogen-bond acceptors (Lipinski definition) is 3. The number of aromatic nitrogens is 1. The molecule has 0 radical (unpaired) electrons. The molecular formula is C19H24N2OS. The first-order valence-electron chi connectivity index (χ1n) is 8.20. The van der Waals surface area contributed by atoms with Crippen LogP contribution in [0.1, 0.15) is 42.1 Å². The lowest BCUT2D eigenvalue weighted by Gasteiger charge is -2.06. The molecule has 0 bridgehead atoms. The van der Waals surface area contributed by atoms with Crippen LogP contribution in [0.5, 0.6) is 0 Å². The van der Waals surface area contributed by atoms with Crippen LogP contribution in [0.4, 0.5) is 0 Å².